The van der Waals surface area contributed by atoms with Crippen molar-refractivity contribution < 1.29 is 37.8 Å². The summed E-state index contributed by atoms with van der Waals surface area (Å²) in [5.41, 5.74) is 1.94. The van der Waals surface area contributed by atoms with Crippen LogP contribution in [0.15, 0.2) is 24.8 Å². The fraction of sp³-hybridized carbons (Fsp3) is 0.111. The average molecular weight is 222 g/mol. The normalized spacial score (nSPS) is 8.45. The Balaban J connectivity index is 0.000001000. The molecule has 1 nitrogen and oxygen atoms in total. The first-order valence-corrected chi connectivity index (χ1v) is 3.07. The van der Waals surface area contributed by atoms with E-state index >= 15 is 0 Å². The summed E-state index contributed by atoms with van der Waals surface area (Å²) in [5.74, 6) is 0.261. The molecule has 0 fully saturated rings. The van der Waals surface area contributed by atoms with E-state index in [2.05, 4.69) is 12.7 Å². The second-order valence-corrected chi connectivity index (χ2v) is 2.18. The summed E-state index contributed by atoms with van der Waals surface area (Å²) in [6.45, 7) is 5.45. The average Bonchev–Trinajstić information content (AvgIpc) is 1.94. The van der Waals surface area contributed by atoms with E-state index in [9.17, 15) is 0 Å². The minimum atomic E-state index is 0. The predicted molar refractivity (Wildman–Crippen MR) is 40.8 cm³/mol. The molecule has 11 heavy (non-hydrogen) atoms. The van der Waals surface area contributed by atoms with Gasteiger partial charge in [-0.1, -0.05) is 6.92 Å². The molecule has 1 aromatic rings. The molecule has 1 aromatic carbocycles. The van der Waals surface area contributed by atoms with Gasteiger partial charge < -0.3 is 5.11 Å². The number of rotatable bonds is 1. The number of phenolic OH excluding ortho intramolecular Hbond substituents is 1. The molecule has 1 rings (SSSR count). The van der Waals surface area contributed by atoms with Gasteiger partial charge in [-0.15, -0.1) is 12.1 Å². The van der Waals surface area contributed by atoms with Crippen LogP contribution in [0.25, 0.3) is 0 Å². The van der Waals surface area contributed by atoms with E-state index in [-0.39, 0.29) is 38.5 Å². The third-order valence-electron chi connectivity index (χ3n) is 1.41. The van der Waals surface area contributed by atoms with Crippen LogP contribution in [0, 0.1) is 13.0 Å². The van der Waals surface area contributed by atoms with Crippen LogP contribution in [0.3, 0.4) is 0 Å². The topological polar surface area (TPSA) is 20.2 Å². The van der Waals surface area contributed by atoms with E-state index in [0.717, 1.165) is 11.1 Å². The predicted octanol–water partition coefficient (Wildman–Crippen LogP) is 2.04. The third kappa shape index (κ3) is 2.76. The maximum Gasteiger partial charge on any atom is 0.0605 e. The van der Waals surface area contributed by atoms with Gasteiger partial charge in [-0.05, 0) is 6.07 Å². The molecular weight excluding hydrogens is 213 g/mol. The Bertz CT molecular complexity index is 256. The summed E-state index contributed by atoms with van der Waals surface area (Å²) >= 11 is 0. The van der Waals surface area contributed by atoms with E-state index in [0.29, 0.717) is 0 Å². The molecule has 2 heteroatoms. The van der Waals surface area contributed by atoms with E-state index in [4.69, 9.17) is 5.11 Å². The summed E-state index contributed by atoms with van der Waals surface area (Å²) in [6, 6.07) is 5.13. The van der Waals surface area contributed by atoms with Gasteiger partial charge in [0.05, 0.1) is 5.75 Å². The van der Waals surface area contributed by atoms with Gasteiger partial charge in [-0.2, -0.15) is 23.8 Å². The molecule has 0 aliphatic heterocycles. The van der Waals surface area contributed by atoms with Crippen molar-refractivity contribution in [1.82, 2.24) is 0 Å². The van der Waals surface area contributed by atoms with Crippen molar-refractivity contribution in [1.29, 1.82) is 0 Å². The minimum absolute atomic E-state index is 0. The molecular formula is C9H9OY-. The summed E-state index contributed by atoms with van der Waals surface area (Å²) in [4.78, 5) is 0. The Morgan fingerprint density at radius 2 is 2.09 bits per heavy atom. The van der Waals surface area contributed by atoms with Crippen LogP contribution >= 0.6 is 0 Å². The molecule has 0 amide bonds. The first-order valence-electron chi connectivity index (χ1n) is 3.07. The Hall–Kier alpha value is -0.136. The van der Waals surface area contributed by atoms with Crippen LogP contribution in [0.5, 0.6) is 5.75 Å². The van der Waals surface area contributed by atoms with Crippen LogP contribution in [0.4, 0.5) is 0 Å². The van der Waals surface area contributed by atoms with Crippen LogP contribution in [0.2, 0.25) is 0 Å². The quantitative estimate of drug-likeness (QED) is 0.721. The molecule has 0 heterocycles. The third-order valence-corrected chi connectivity index (χ3v) is 1.41. The number of benzene rings is 1. The molecule has 0 aliphatic rings. The Morgan fingerprint density at radius 1 is 1.45 bits per heavy atom. The maximum absolute atomic E-state index is 9.00. The van der Waals surface area contributed by atoms with Crippen LogP contribution in [0.1, 0.15) is 11.1 Å². The number of aryl methyl sites for hydroxylation is 1. The van der Waals surface area contributed by atoms with E-state index in [1.165, 1.54) is 0 Å². The molecule has 0 saturated carbocycles. The van der Waals surface area contributed by atoms with Crippen molar-refractivity contribution in [2.24, 2.45) is 0 Å². The molecule has 55 valence electrons. The molecule has 0 bridgehead atoms. The molecule has 0 unspecified atom stereocenters. The molecule has 0 aliphatic carbocycles. The van der Waals surface area contributed by atoms with Gasteiger partial charge in [0.1, 0.15) is 0 Å². The van der Waals surface area contributed by atoms with Gasteiger partial charge in [0.2, 0.25) is 0 Å². The van der Waals surface area contributed by atoms with Gasteiger partial charge >= 0.3 is 0 Å². The molecule has 0 saturated heterocycles. The minimum Gasteiger partial charge on any atom is -0.521 e. The number of aromatic hydroxyl groups is 1. The first-order chi connectivity index (χ1) is 4.74. The summed E-state index contributed by atoms with van der Waals surface area (Å²) in [6.07, 6.45) is 2.73. The van der Waals surface area contributed by atoms with Crippen molar-refractivity contribution >= 4 is 0 Å². The second kappa shape index (κ2) is 4.68. The van der Waals surface area contributed by atoms with Crippen LogP contribution in [-0.4, -0.2) is 5.11 Å². The van der Waals surface area contributed by atoms with Gasteiger partial charge in [0.15, 0.2) is 0 Å². The first kappa shape index (κ1) is 10.9. The van der Waals surface area contributed by atoms with Crippen molar-refractivity contribution in [3.63, 3.8) is 0 Å². The largest absolute Gasteiger partial charge is 0.521 e. The number of hydrogen-bond acceptors (Lipinski definition) is 1. The van der Waals surface area contributed by atoms with Crippen molar-refractivity contribution in [3.05, 3.63) is 42.0 Å². The molecule has 0 spiro atoms. The monoisotopic (exact) mass is 222 g/mol. The zero-order valence-corrected chi connectivity index (χ0v) is 9.30. The SMILES string of the molecule is C=[C-]c1cc(O)ccc1C.[Y]. The van der Waals surface area contributed by atoms with E-state index < -0.39 is 0 Å². The standard InChI is InChI=1S/C9H9O.Y/c1-3-8-6-9(10)5-4-7(8)2;/h4-6,10H,1H2,2H3;/q-1;. The Labute approximate surface area is 92.0 Å². The van der Waals surface area contributed by atoms with Crippen LogP contribution < -0.4 is 0 Å². The maximum atomic E-state index is 9.00. The summed E-state index contributed by atoms with van der Waals surface area (Å²) < 4.78 is 0. The summed E-state index contributed by atoms with van der Waals surface area (Å²) in [7, 11) is 0. The smallest absolute Gasteiger partial charge is 0.0605 e. The Kier molecular flexibility index (Phi) is 4.63. The molecule has 1 N–H and O–H groups in total. The van der Waals surface area contributed by atoms with Gasteiger partial charge in [0, 0.05) is 32.7 Å². The fourth-order valence-electron chi connectivity index (χ4n) is 0.800. The van der Waals surface area contributed by atoms with Crippen molar-refractivity contribution in [2.45, 2.75) is 6.92 Å². The van der Waals surface area contributed by atoms with Crippen LogP contribution in [-0.2, 0) is 32.7 Å². The molecule has 1 radical (unpaired) electrons. The number of phenols is 1. The van der Waals surface area contributed by atoms with E-state index in [1.807, 2.05) is 13.0 Å². The Morgan fingerprint density at radius 3 is 2.55 bits per heavy atom. The van der Waals surface area contributed by atoms with Gasteiger partial charge in [0.25, 0.3) is 0 Å². The van der Waals surface area contributed by atoms with Gasteiger partial charge in [-0.25, -0.2) is 0 Å². The molecule has 0 atom stereocenters. The summed E-state index contributed by atoms with van der Waals surface area (Å²) in [5, 5.41) is 9.00. The van der Waals surface area contributed by atoms with Crippen molar-refractivity contribution in [2.75, 3.05) is 0 Å². The zero-order valence-electron chi connectivity index (χ0n) is 6.46. The van der Waals surface area contributed by atoms with Gasteiger partial charge in [-0.3, -0.25) is 0 Å². The zero-order chi connectivity index (χ0) is 7.56. The number of hydrogen-bond donors (Lipinski definition) is 1. The van der Waals surface area contributed by atoms with Crippen molar-refractivity contribution in [3.8, 4) is 5.75 Å². The fourth-order valence-corrected chi connectivity index (χ4v) is 0.800. The molecule has 0 aromatic heterocycles. The second-order valence-electron chi connectivity index (χ2n) is 2.18. The van der Waals surface area contributed by atoms with E-state index in [1.54, 1.807) is 12.1 Å².